The number of nitrogens with one attached hydrogen (secondary N) is 2. The number of hydrogen-bond acceptors (Lipinski definition) is 4. The van der Waals surface area contributed by atoms with Crippen LogP contribution < -0.4 is 10.6 Å². The predicted octanol–water partition coefficient (Wildman–Crippen LogP) is 1.67. The number of anilines is 1. The van der Waals surface area contributed by atoms with E-state index in [-0.39, 0.29) is 17.7 Å². The van der Waals surface area contributed by atoms with E-state index in [2.05, 4.69) is 10.6 Å². The largest absolute Gasteiger partial charge is 0.382 e. The predicted molar refractivity (Wildman–Crippen MR) is 81.8 cm³/mol. The van der Waals surface area contributed by atoms with Crippen molar-refractivity contribution in [1.29, 1.82) is 0 Å². The molecule has 1 aromatic rings. The second-order valence-electron chi connectivity index (χ2n) is 5.31. The summed E-state index contributed by atoms with van der Waals surface area (Å²) in [5.74, 6) is -0.344. The maximum Gasteiger partial charge on any atom is 0.253 e. The summed E-state index contributed by atoms with van der Waals surface area (Å²) in [5.41, 5.74) is 1.26. The Labute approximate surface area is 120 Å². The van der Waals surface area contributed by atoms with Gasteiger partial charge in [-0.1, -0.05) is 12.1 Å². The summed E-state index contributed by atoms with van der Waals surface area (Å²) >= 11 is 0. The highest BCUT2D eigenvalue weighted by Crippen LogP contribution is 2.16. The third-order valence-corrected chi connectivity index (χ3v) is 3.65. The zero-order valence-corrected chi connectivity index (χ0v) is 13.1. The smallest absolute Gasteiger partial charge is 0.253 e. The van der Waals surface area contributed by atoms with Crippen molar-refractivity contribution >= 4 is 21.4 Å². The zero-order chi connectivity index (χ0) is 15.3. The molecule has 1 rings (SSSR count). The van der Waals surface area contributed by atoms with Gasteiger partial charge < -0.3 is 10.6 Å². The lowest BCUT2D eigenvalue weighted by molar-refractivity contribution is 0.0944. The molecule has 112 valence electrons. The van der Waals surface area contributed by atoms with Crippen LogP contribution in [0, 0.1) is 0 Å². The first kappa shape index (κ1) is 16.5. The van der Waals surface area contributed by atoms with E-state index >= 15 is 0 Å². The molecule has 0 radical (unpaired) electrons. The van der Waals surface area contributed by atoms with Crippen molar-refractivity contribution in [3.8, 4) is 0 Å². The Morgan fingerprint density at radius 1 is 1.20 bits per heavy atom. The van der Waals surface area contributed by atoms with Crippen LogP contribution in [-0.4, -0.2) is 38.4 Å². The Bertz CT molecular complexity index is 568. The first-order valence-electron chi connectivity index (χ1n) is 6.53. The summed E-state index contributed by atoms with van der Waals surface area (Å²) in [6.45, 7) is 5.65. The number of hydrogen-bond donors (Lipinski definition) is 2. The Kier molecular flexibility index (Phi) is 5.56. The summed E-state index contributed by atoms with van der Waals surface area (Å²) in [5, 5.41) is 5.90. The molecule has 1 unspecified atom stereocenters. The third-order valence-electron chi connectivity index (χ3n) is 2.55. The van der Waals surface area contributed by atoms with Crippen LogP contribution >= 0.6 is 0 Å². The fraction of sp³-hybridized carbons (Fsp3) is 0.500. The van der Waals surface area contributed by atoms with Gasteiger partial charge in [0.1, 0.15) is 9.84 Å². The van der Waals surface area contributed by atoms with Gasteiger partial charge in [-0.2, -0.15) is 0 Å². The molecule has 0 fully saturated rings. The standard InChI is InChI=1S/C14H22N2O3S/c1-10(2)15-13-8-6-5-7-12(13)14(17)16-11(3)9-20(4,18)19/h5-8,10-11,15H,9H2,1-4H3,(H,16,17). The average Bonchev–Trinajstić information content (AvgIpc) is 2.25. The van der Waals surface area contributed by atoms with E-state index in [4.69, 9.17) is 0 Å². The fourth-order valence-electron chi connectivity index (χ4n) is 1.92. The Balaban J connectivity index is 2.82. The number of para-hydroxylation sites is 1. The molecular formula is C14H22N2O3S. The molecule has 20 heavy (non-hydrogen) atoms. The van der Waals surface area contributed by atoms with E-state index in [9.17, 15) is 13.2 Å². The van der Waals surface area contributed by atoms with Crippen LogP contribution in [0.25, 0.3) is 0 Å². The van der Waals surface area contributed by atoms with Crippen molar-refractivity contribution in [1.82, 2.24) is 5.32 Å². The Morgan fingerprint density at radius 3 is 2.35 bits per heavy atom. The minimum atomic E-state index is -3.11. The van der Waals surface area contributed by atoms with Crippen molar-refractivity contribution in [3.63, 3.8) is 0 Å². The molecule has 1 amide bonds. The SMILES string of the molecule is CC(C)Nc1ccccc1C(=O)NC(C)CS(C)(=O)=O. The molecule has 1 aromatic carbocycles. The highest BCUT2D eigenvalue weighted by Gasteiger charge is 2.16. The lowest BCUT2D eigenvalue weighted by Crippen LogP contribution is -2.37. The maximum absolute atomic E-state index is 12.2. The summed E-state index contributed by atoms with van der Waals surface area (Å²) in [7, 11) is -3.11. The third kappa shape index (κ3) is 5.61. The quantitative estimate of drug-likeness (QED) is 0.837. The van der Waals surface area contributed by atoms with Gasteiger partial charge in [0.2, 0.25) is 0 Å². The van der Waals surface area contributed by atoms with Crippen LogP contribution in [0.3, 0.4) is 0 Å². The molecule has 0 aromatic heterocycles. The van der Waals surface area contributed by atoms with E-state index in [1.807, 2.05) is 26.0 Å². The molecule has 0 heterocycles. The molecule has 0 saturated heterocycles. The molecule has 6 heteroatoms. The van der Waals surface area contributed by atoms with E-state index in [0.717, 1.165) is 11.9 Å². The number of amides is 1. The lowest BCUT2D eigenvalue weighted by atomic mass is 10.1. The molecule has 2 N–H and O–H groups in total. The van der Waals surface area contributed by atoms with Crippen molar-refractivity contribution in [2.75, 3.05) is 17.3 Å². The molecule has 0 aliphatic carbocycles. The van der Waals surface area contributed by atoms with Gasteiger partial charge in [0, 0.05) is 24.0 Å². The van der Waals surface area contributed by atoms with E-state index in [1.165, 1.54) is 0 Å². The highest BCUT2D eigenvalue weighted by atomic mass is 32.2. The molecule has 0 aliphatic rings. The monoisotopic (exact) mass is 298 g/mol. The molecule has 0 bridgehead atoms. The number of carbonyl (C=O) groups is 1. The van der Waals surface area contributed by atoms with Gasteiger partial charge in [-0.15, -0.1) is 0 Å². The Morgan fingerprint density at radius 2 is 1.80 bits per heavy atom. The number of sulfone groups is 1. The zero-order valence-electron chi connectivity index (χ0n) is 12.3. The van der Waals surface area contributed by atoms with E-state index < -0.39 is 15.9 Å². The van der Waals surface area contributed by atoms with E-state index in [0.29, 0.717) is 5.56 Å². The molecule has 5 nitrogen and oxygen atoms in total. The summed E-state index contributed by atoms with van der Waals surface area (Å²) in [6.07, 6.45) is 1.16. The highest BCUT2D eigenvalue weighted by molar-refractivity contribution is 7.90. The van der Waals surface area contributed by atoms with Gasteiger partial charge in [0.15, 0.2) is 0 Å². The number of carbonyl (C=O) groups excluding carboxylic acids is 1. The topological polar surface area (TPSA) is 75.3 Å². The van der Waals surface area contributed by atoms with Gasteiger partial charge in [-0.05, 0) is 32.9 Å². The molecule has 0 spiro atoms. The van der Waals surface area contributed by atoms with Crippen LogP contribution in [0.2, 0.25) is 0 Å². The summed E-state index contributed by atoms with van der Waals surface area (Å²) in [6, 6.07) is 6.95. The maximum atomic E-state index is 12.2. The van der Waals surface area contributed by atoms with Crippen LogP contribution in [0.5, 0.6) is 0 Å². The van der Waals surface area contributed by atoms with Crippen LogP contribution in [-0.2, 0) is 9.84 Å². The summed E-state index contributed by atoms with van der Waals surface area (Å²) in [4.78, 5) is 12.2. The van der Waals surface area contributed by atoms with Crippen molar-refractivity contribution in [2.24, 2.45) is 0 Å². The average molecular weight is 298 g/mol. The first-order chi connectivity index (χ1) is 9.19. The van der Waals surface area contributed by atoms with Crippen LogP contribution in [0.15, 0.2) is 24.3 Å². The normalized spacial score (nSPS) is 13.1. The van der Waals surface area contributed by atoms with Gasteiger partial charge in [0.05, 0.1) is 11.3 Å². The van der Waals surface area contributed by atoms with Crippen molar-refractivity contribution < 1.29 is 13.2 Å². The second-order valence-corrected chi connectivity index (χ2v) is 7.50. The number of benzene rings is 1. The molecule has 1 atom stereocenters. The minimum absolute atomic E-state index is 0.0709. The number of rotatable bonds is 6. The summed E-state index contributed by atoms with van der Waals surface area (Å²) < 4.78 is 22.4. The van der Waals surface area contributed by atoms with Gasteiger partial charge in [-0.3, -0.25) is 4.79 Å². The van der Waals surface area contributed by atoms with Gasteiger partial charge >= 0.3 is 0 Å². The molecular weight excluding hydrogens is 276 g/mol. The second kappa shape index (κ2) is 6.74. The van der Waals surface area contributed by atoms with Crippen molar-refractivity contribution in [3.05, 3.63) is 29.8 Å². The lowest BCUT2D eigenvalue weighted by Gasteiger charge is -2.17. The molecule has 0 saturated carbocycles. The van der Waals surface area contributed by atoms with Crippen LogP contribution in [0.1, 0.15) is 31.1 Å². The Hall–Kier alpha value is -1.56. The first-order valence-corrected chi connectivity index (χ1v) is 8.59. The van der Waals surface area contributed by atoms with Crippen LogP contribution in [0.4, 0.5) is 5.69 Å². The fourth-order valence-corrected chi connectivity index (χ4v) is 2.91. The van der Waals surface area contributed by atoms with Gasteiger partial charge in [-0.25, -0.2) is 8.42 Å². The van der Waals surface area contributed by atoms with Crippen molar-refractivity contribution in [2.45, 2.75) is 32.9 Å². The van der Waals surface area contributed by atoms with E-state index in [1.54, 1.807) is 19.1 Å². The minimum Gasteiger partial charge on any atom is -0.382 e. The molecule has 0 aliphatic heterocycles. The van der Waals surface area contributed by atoms with Gasteiger partial charge in [0.25, 0.3) is 5.91 Å².